The van der Waals surface area contributed by atoms with Crippen LogP contribution in [0.25, 0.3) is 10.8 Å². The minimum Gasteiger partial charge on any atom is -0.324 e. The molecule has 0 aliphatic carbocycles. The lowest BCUT2D eigenvalue weighted by atomic mass is 9.95. The molecular weight excluding hydrogens is 322 g/mol. The molecule has 21 heavy (non-hydrogen) atoms. The molecule has 114 valence electrons. The number of hydrogen-bond donors (Lipinski definition) is 1. The highest BCUT2D eigenvalue weighted by atomic mass is 79.9. The summed E-state index contributed by atoms with van der Waals surface area (Å²) >= 11 is 3.63. The Balaban J connectivity index is 1.97. The second kappa shape index (κ2) is 8.55. The van der Waals surface area contributed by atoms with Gasteiger partial charge in [0, 0.05) is 10.5 Å². The zero-order chi connectivity index (χ0) is 15.1. The summed E-state index contributed by atoms with van der Waals surface area (Å²) in [6.45, 7) is 2.26. The minimum absolute atomic E-state index is 0.147. The molecule has 0 spiro atoms. The zero-order valence-corrected chi connectivity index (χ0v) is 14.5. The highest BCUT2D eigenvalue weighted by Gasteiger charge is 2.11. The largest absolute Gasteiger partial charge is 0.324 e. The highest BCUT2D eigenvalue weighted by Crippen LogP contribution is 2.31. The molecule has 0 amide bonds. The maximum Gasteiger partial charge on any atom is 0.0301 e. The fraction of sp³-hybridized carbons (Fsp3) is 0.474. The molecule has 2 heteroatoms. The lowest BCUT2D eigenvalue weighted by molar-refractivity contribution is 0.549. The Bertz CT molecular complexity index is 564. The summed E-state index contributed by atoms with van der Waals surface area (Å²) in [5, 5.41) is 2.54. The molecule has 0 aliphatic heterocycles. The van der Waals surface area contributed by atoms with Gasteiger partial charge >= 0.3 is 0 Å². The maximum absolute atomic E-state index is 6.44. The third-order valence-corrected chi connectivity index (χ3v) is 4.86. The number of benzene rings is 2. The second-order valence-electron chi connectivity index (χ2n) is 5.85. The van der Waals surface area contributed by atoms with E-state index in [0.29, 0.717) is 0 Å². The Hall–Kier alpha value is -0.860. The number of halogens is 1. The monoisotopic (exact) mass is 347 g/mol. The molecule has 1 unspecified atom stereocenters. The molecule has 2 N–H and O–H groups in total. The molecular formula is C19H26BrN. The summed E-state index contributed by atoms with van der Waals surface area (Å²) < 4.78 is 1.15. The van der Waals surface area contributed by atoms with Gasteiger partial charge in [0.2, 0.25) is 0 Å². The fourth-order valence-corrected chi connectivity index (χ4v) is 3.39. The molecule has 0 fully saturated rings. The third kappa shape index (κ3) is 4.55. The molecule has 0 aliphatic rings. The van der Waals surface area contributed by atoms with E-state index >= 15 is 0 Å². The van der Waals surface area contributed by atoms with E-state index in [0.717, 1.165) is 10.9 Å². The van der Waals surface area contributed by atoms with E-state index in [2.05, 4.69) is 59.3 Å². The first-order chi connectivity index (χ1) is 10.2. The van der Waals surface area contributed by atoms with Gasteiger partial charge in [-0.15, -0.1) is 0 Å². The van der Waals surface area contributed by atoms with Crippen molar-refractivity contribution in [2.24, 2.45) is 5.73 Å². The molecule has 0 bridgehead atoms. The van der Waals surface area contributed by atoms with E-state index in [9.17, 15) is 0 Å². The van der Waals surface area contributed by atoms with Gasteiger partial charge in [0.15, 0.2) is 0 Å². The van der Waals surface area contributed by atoms with Crippen LogP contribution in [0.5, 0.6) is 0 Å². The van der Waals surface area contributed by atoms with Gasteiger partial charge in [-0.3, -0.25) is 0 Å². The van der Waals surface area contributed by atoms with E-state index in [1.54, 1.807) is 0 Å². The number of nitrogens with two attached hydrogens (primary N) is 1. The summed E-state index contributed by atoms with van der Waals surface area (Å²) in [6, 6.07) is 12.9. The molecule has 0 aromatic heterocycles. The van der Waals surface area contributed by atoms with Crippen molar-refractivity contribution in [3.8, 4) is 0 Å². The summed E-state index contributed by atoms with van der Waals surface area (Å²) in [5.41, 5.74) is 7.72. The molecule has 1 nitrogen and oxygen atoms in total. The normalized spacial score (nSPS) is 12.7. The van der Waals surface area contributed by atoms with Gasteiger partial charge < -0.3 is 5.73 Å². The lowest BCUT2D eigenvalue weighted by Crippen LogP contribution is -2.10. The summed E-state index contributed by atoms with van der Waals surface area (Å²) in [6.07, 6.45) is 9.01. The topological polar surface area (TPSA) is 26.0 Å². The van der Waals surface area contributed by atoms with E-state index < -0.39 is 0 Å². The van der Waals surface area contributed by atoms with Crippen molar-refractivity contribution in [2.75, 3.05) is 0 Å². The van der Waals surface area contributed by atoms with Crippen LogP contribution in [0, 0.1) is 0 Å². The van der Waals surface area contributed by atoms with Crippen molar-refractivity contribution in [2.45, 2.75) is 57.9 Å². The average Bonchev–Trinajstić information content (AvgIpc) is 2.51. The number of hydrogen-bond acceptors (Lipinski definition) is 1. The Morgan fingerprint density at radius 3 is 2.33 bits per heavy atom. The first kappa shape index (κ1) is 16.5. The van der Waals surface area contributed by atoms with Crippen LogP contribution in [0.1, 0.15) is 63.5 Å². The molecule has 0 heterocycles. The van der Waals surface area contributed by atoms with Crippen LogP contribution < -0.4 is 5.73 Å². The van der Waals surface area contributed by atoms with Gasteiger partial charge in [-0.25, -0.2) is 0 Å². The van der Waals surface area contributed by atoms with Crippen LogP contribution in [0.2, 0.25) is 0 Å². The molecule has 1 atom stereocenters. The Morgan fingerprint density at radius 2 is 1.57 bits per heavy atom. The average molecular weight is 348 g/mol. The van der Waals surface area contributed by atoms with Crippen LogP contribution in [0.15, 0.2) is 40.9 Å². The molecule has 2 rings (SSSR count). The zero-order valence-electron chi connectivity index (χ0n) is 12.9. The van der Waals surface area contributed by atoms with E-state index in [4.69, 9.17) is 5.73 Å². The molecule has 0 saturated carbocycles. The summed E-state index contributed by atoms with van der Waals surface area (Å²) in [4.78, 5) is 0. The minimum atomic E-state index is 0.147. The summed E-state index contributed by atoms with van der Waals surface area (Å²) in [7, 11) is 0. The Morgan fingerprint density at radius 1 is 0.905 bits per heavy atom. The number of unbranched alkanes of at least 4 members (excludes halogenated alkanes) is 5. The standard InChI is InChI=1S/C19H26BrN/c1-2-3-4-5-6-7-12-19(21)17-13-14-18(20)16-11-9-8-10-15(16)17/h8-11,13-14,19H,2-7,12,21H2,1H3. The van der Waals surface area contributed by atoms with Gasteiger partial charge in [0.25, 0.3) is 0 Å². The van der Waals surface area contributed by atoms with Crippen LogP contribution in [-0.4, -0.2) is 0 Å². The van der Waals surface area contributed by atoms with Crippen LogP contribution in [0.3, 0.4) is 0 Å². The highest BCUT2D eigenvalue weighted by molar-refractivity contribution is 9.10. The first-order valence-electron chi connectivity index (χ1n) is 8.16. The number of rotatable bonds is 8. The number of fused-ring (bicyclic) bond motifs is 1. The van der Waals surface area contributed by atoms with Crippen molar-refractivity contribution >= 4 is 26.7 Å². The predicted molar refractivity (Wildman–Crippen MR) is 96.6 cm³/mol. The van der Waals surface area contributed by atoms with Crippen LogP contribution >= 0.6 is 15.9 Å². The van der Waals surface area contributed by atoms with Crippen molar-refractivity contribution in [3.63, 3.8) is 0 Å². The molecule has 0 saturated heterocycles. The lowest BCUT2D eigenvalue weighted by Gasteiger charge is -2.15. The van der Waals surface area contributed by atoms with Crippen molar-refractivity contribution in [1.82, 2.24) is 0 Å². The van der Waals surface area contributed by atoms with Gasteiger partial charge in [-0.2, -0.15) is 0 Å². The van der Waals surface area contributed by atoms with Gasteiger partial charge in [0.05, 0.1) is 0 Å². The Labute approximate surface area is 137 Å². The SMILES string of the molecule is CCCCCCCCC(N)c1ccc(Br)c2ccccc12. The fourth-order valence-electron chi connectivity index (χ4n) is 2.91. The van der Waals surface area contributed by atoms with Crippen molar-refractivity contribution in [3.05, 3.63) is 46.4 Å². The van der Waals surface area contributed by atoms with E-state index in [-0.39, 0.29) is 6.04 Å². The third-order valence-electron chi connectivity index (χ3n) is 4.17. The van der Waals surface area contributed by atoms with Crippen LogP contribution in [-0.2, 0) is 0 Å². The van der Waals surface area contributed by atoms with Gasteiger partial charge in [-0.05, 0) is 28.8 Å². The summed E-state index contributed by atoms with van der Waals surface area (Å²) in [5.74, 6) is 0. The van der Waals surface area contributed by atoms with Crippen LogP contribution in [0.4, 0.5) is 0 Å². The second-order valence-corrected chi connectivity index (χ2v) is 6.70. The van der Waals surface area contributed by atoms with Crippen molar-refractivity contribution < 1.29 is 0 Å². The van der Waals surface area contributed by atoms with E-state index in [1.807, 2.05) is 0 Å². The molecule has 2 aromatic rings. The quantitative estimate of drug-likeness (QED) is 0.553. The smallest absolute Gasteiger partial charge is 0.0301 e. The van der Waals surface area contributed by atoms with Gasteiger partial charge in [-0.1, -0.05) is 91.7 Å². The van der Waals surface area contributed by atoms with E-state index in [1.165, 1.54) is 54.9 Å². The van der Waals surface area contributed by atoms with Gasteiger partial charge in [0.1, 0.15) is 0 Å². The predicted octanol–water partition coefficient (Wildman–Crippen LogP) is 6.35. The Kier molecular flexibility index (Phi) is 6.72. The first-order valence-corrected chi connectivity index (χ1v) is 8.96. The molecule has 0 radical (unpaired) electrons. The van der Waals surface area contributed by atoms with Crippen molar-refractivity contribution in [1.29, 1.82) is 0 Å². The maximum atomic E-state index is 6.44. The molecule has 2 aromatic carbocycles.